The molecule has 2 heterocycles. The second-order valence-electron chi connectivity index (χ2n) is 8.36. The number of aliphatic hydroxyl groups excluding tert-OH is 1. The number of nitrogens with zero attached hydrogens (tertiary/aromatic N) is 1. The molecule has 0 unspecified atom stereocenters. The monoisotopic (exact) mass is 416 g/mol. The Balaban J connectivity index is 1.53. The fraction of sp³-hybridized carbons (Fsp3) is 0.269. The standard InChI is InChI=1S/C26H25FN2O2/c27-22-9-5-4-8-19(22)18-10-11-23-21(15-18)26-20(24(16-30)28-23)12-13-29(26)25(31)14-17-6-2-1-3-7-17/h1-11,15,20,24,26,28,30H,12-14,16H2/t20-,24-,26-/m1/s1. The van der Waals surface area contributed by atoms with Crippen LogP contribution in [-0.4, -0.2) is 35.1 Å². The quantitative estimate of drug-likeness (QED) is 0.662. The van der Waals surface area contributed by atoms with Crippen molar-refractivity contribution in [2.24, 2.45) is 5.92 Å². The Hall–Kier alpha value is -3.18. The van der Waals surface area contributed by atoms with E-state index in [2.05, 4.69) is 5.32 Å². The highest BCUT2D eigenvalue weighted by atomic mass is 19.1. The lowest BCUT2D eigenvalue weighted by atomic mass is 9.82. The molecule has 0 radical (unpaired) electrons. The van der Waals surface area contributed by atoms with E-state index >= 15 is 0 Å². The number of likely N-dealkylation sites (tertiary alicyclic amines) is 1. The zero-order valence-electron chi connectivity index (χ0n) is 17.2. The number of nitrogens with one attached hydrogen (secondary N) is 1. The van der Waals surface area contributed by atoms with Crippen molar-refractivity contribution in [3.05, 3.63) is 89.7 Å². The average molecular weight is 416 g/mol. The third kappa shape index (κ3) is 3.59. The first kappa shape index (κ1) is 19.8. The van der Waals surface area contributed by atoms with Gasteiger partial charge in [0.1, 0.15) is 5.82 Å². The van der Waals surface area contributed by atoms with Gasteiger partial charge in [-0.1, -0.05) is 54.6 Å². The number of hydrogen-bond donors (Lipinski definition) is 2. The minimum absolute atomic E-state index is 0.0103. The summed E-state index contributed by atoms with van der Waals surface area (Å²) in [6.07, 6.45) is 1.18. The van der Waals surface area contributed by atoms with Crippen molar-refractivity contribution in [3.63, 3.8) is 0 Å². The molecule has 0 saturated carbocycles. The number of hydrogen-bond acceptors (Lipinski definition) is 3. The van der Waals surface area contributed by atoms with Crippen molar-refractivity contribution < 1.29 is 14.3 Å². The van der Waals surface area contributed by atoms with E-state index in [0.29, 0.717) is 18.5 Å². The number of halogens is 1. The van der Waals surface area contributed by atoms with Crippen LogP contribution in [-0.2, 0) is 11.2 Å². The summed E-state index contributed by atoms with van der Waals surface area (Å²) in [4.78, 5) is 15.2. The lowest BCUT2D eigenvalue weighted by Gasteiger charge is -2.39. The maximum atomic E-state index is 14.4. The number of anilines is 1. The van der Waals surface area contributed by atoms with Gasteiger partial charge in [-0.2, -0.15) is 0 Å². The van der Waals surface area contributed by atoms with Gasteiger partial charge in [0.05, 0.1) is 25.1 Å². The summed E-state index contributed by atoms with van der Waals surface area (Å²) in [6.45, 7) is 0.666. The Labute approximate surface area is 181 Å². The predicted octanol–water partition coefficient (Wildman–Crippen LogP) is 4.41. The molecule has 2 N–H and O–H groups in total. The number of rotatable bonds is 4. The molecule has 5 rings (SSSR count). The summed E-state index contributed by atoms with van der Waals surface area (Å²) in [6, 6.07) is 22.1. The van der Waals surface area contributed by atoms with E-state index in [0.717, 1.165) is 28.8 Å². The molecule has 1 amide bonds. The van der Waals surface area contributed by atoms with Crippen molar-refractivity contribution in [2.45, 2.75) is 24.9 Å². The summed E-state index contributed by atoms with van der Waals surface area (Å²) >= 11 is 0. The van der Waals surface area contributed by atoms with Gasteiger partial charge in [-0.15, -0.1) is 0 Å². The van der Waals surface area contributed by atoms with Crippen molar-refractivity contribution in [1.82, 2.24) is 4.90 Å². The Morgan fingerprint density at radius 2 is 1.84 bits per heavy atom. The van der Waals surface area contributed by atoms with Gasteiger partial charge in [-0.25, -0.2) is 4.39 Å². The predicted molar refractivity (Wildman–Crippen MR) is 119 cm³/mol. The van der Waals surface area contributed by atoms with Gasteiger partial charge >= 0.3 is 0 Å². The number of carbonyl (C=O) groups is 1. The molecule has 0 aromatic heterocycles. The molecule has 3 aromatic rings. The first-order valence-corrected chi connectivity index (χ1v) is 10.8. The topological polar surface area (TPSA) is 52.6 Å². The van der Waals surface area contributed by atoms with Crippen LogP contribution >= 0.6 is 0 Å². The molecular formula is C26H25FN2O2. The van der Waals surface area contributed by atoms with Crippen LogP contribution in [0, 0.1) is 11.7 Å². The van der Waals surface area contributed by atoms with Gasteiger partial charge in [0, 0.05) is 23.7 Å². The van der Waals surface area contributed by atoms with Crippen LogP contribution in [0.25, 0.3) is 11.1 Å². The highest BCUT2D eigenvalue weighted by Gasteiger charge is 2.45. The number of fused-ring (bicyclic) bond motifs is 3. The fourth-order valence-corrected chi connectivity index (χ4v) is 5.08. The number of carbonyl (C=O) groups excluding carboxylic acids is 1. The third-order valence-electron chi connectivity index (χ3n) is 6.57. The van der Waals surface area contributed by atoms with E-state index in [-0.39, 0.29) is 36.3 Å². The van der Waals surface area contributed by atoms with E-state index < -0.39 is 0 Å². The van der Waals surface area contributed by atoms with Crippen molar-refractivity contribution in [1.29, 1.82) is 0 Å². The largest absolute Gasteiger partial charge is 0.394 e. The summed E-state index contributed by atoms with van der Waals surface area (Å²) in [5, 5.41) is 13.4. The van der Waals surface area contributed by atoms with Crippen LogP contribution in [0.2, 0.25) is 0 Å². The summed E-state index contributed by atoms with van der Waals surface area (Å²) in [5.41, 5.74) is 4.23. The Kier molecular flexibility index (Phi) is 5.20. The highest BCUT2D eigenvalue weighted by Crippen LogP contribution is 2.47. The van der Waals surface area contributed by atoms with Crippen molar-refractivity contribution in [3.8, 4) is 11.1 Å². The molecule has 3 atom stereocenters. The molecule has 2 aliphatic rings. The fourth-order valence-electron chi connectivity index (χ4n) is 5.08. The molecule has 0 bridgehead atoms. The molecule has 0 aliphatic carbocycles. The van der Waals surface area contributed by atoms with E-state index in [1.807, 2.05) is 59.5 Å². The van der Waals surface area contributed by atoms with Crippen molar-refractivity contribution in [2.75, 3.05) is 18.5 Å². The number of aliphatic hydroxyl groups is 1. The first-order valence-electron chi connectivity index (χ1n) is 10.8. The molecule has 2 aliphatic heterocycles. The molecular weight excluding hydrogens is 391 g/mol. The summed E-state index contributed by atoms with van der Waals surface area (Å²) in [5.74, 6) is -0.0629. The minimum atomic E-state index is -0.264. The third-order valence-corrected chi connectivity index (χ3v) is 6.57. The zero-order chi connectivity index (χ0) is 21.4. The number of benzene rings is 3. The van der Waals surface area contributed by atoms with Crippen LogP contribution < -0.4 is 5.32 Å². The highest BCUT2D eigenvalue weighted by molar-refractivity contribution is 5.81. The van der Waals surface area contributed by atoms with Crippen LogP contribution in [0.3, 0.4) is 0 Å². The van der Waals surface area contributed by atoms with Gasteiger partial charge in [-0.05, 0) is 41.3 Å². The number of amides is 1. The van der Waals surface area contributed by atoms with Gasteiger partial charge in [0.15, 0.2) is 0 Å². The van der Waals surface area contributed by atoms with Gasteiger partial charge in [0.25, 0.3) is 0 Å². The molecule has 0 spiro atoms. The molecule has 1 saturated heterocycles. The van der Waals surface area contributed by atoms with Crippen LogP contribution in [0.1, 0.15) is 23.6 Å². The minimum Gasteiger partial charge on any atom is -0.394 e. The first-order chi connectivity index (χ1) is 15.2. The maximum absolute atomic E-state index is 14.4. The van der Waals surface area contributed by atoms with Crippen LogP contribution in [0.4, 0.5) is 10.1 Å². The van der Waals surface area contributed by atoms with Crippen LogP contribution in [0.15, 0.2) is 72.8 Å². The SMILES string of the molecule is O=C(Cc1ccccc1)N1CC[C@@H]2[C@@H](CO)Nc3ccc(-c4ccccc4F)cc3[C@@H]21. The summed E-state index contributed by atoms with van der Waals surface area (Å²) < 4.78 is 14.4. The molecule has 31 heavy (non-hydrogen) atoms. The van der Waals surface area contributed by atoms with E-state index in [9.17, 15) is 14.3 Å². The van der Waals surface area contributed by atoms with E-state index in [1.54, 1.807) is 12.1 Å². The molecule has 3 aromatic carbocycles. The Morgan fingerprint density at radius 3 is 2.61 bits per heavy atom. The smallest absolute Gasteiger partial charge is 0.227 e. The molecule has 4 nitrogen and oxygen atoms in total. The maximum Gasteiger partial charge on any atom is 0.227 e. The average Bonchev–Trinajstić information content (AvgIpc) is 3.25. The normalized spacial score (nSPS) is 21.9. The van der Waals surface area contributed by atoms with E-state index in [1.165, 1.54) is 6.07 Å². The van der Waals surface area contributed by atoms with Gasteiger partial charge in [-0.3, -0.25) is 4.79 Å². The van der Waals surface area contributed by atoms with Crippen LogP contribution in [0.5, 0.6) is 0 Å². The second kappa shape index (κ2) is 8.16. The molecule has 1 fully saturated rings. The van der Waals surface area contributed by atoms with Crippen molar-refractivity contribution >= 4 is 11.6 Å². The molecule has 5 heteroatoms. The second-order valence-corrected chi connectivity index (χ2v) is 8.36. The van der Waals surface area contributed by atoms with E-state index in [4.69, 9.17) is 0 Å². The molecule has 158 valence electrons. The lowest BCUT2D eigenvalue weighted by molar-refractivity contribution is -0.131. The lowest BCUT2D eigenvalue weighted by Crippen LogP contribution is -2.43. The van der Waals surface area contributed by atoms with Gasteiger partial charge < -0.3 is 15.3 Å². The Bertz CT molecular complexity index is 1100. The summed E-state index contributed by atoms with van der Waals surface area (Å²) in [7, 11) is 0. The van der Waals surface area contributed by atoms with Gasteiger partial charge in [0.2, 0.25) is 5.91 Å². The zero-order valence-corrected chi connectivity index (χ0v) is 17.2. The Morgan fingerprint density at radius 1 is 1.06 bits per heavy atom.